The molecule has 0 aliphatic heterocycles. The van der Waals surface area contributed by atoms with E-state index in [2.05, 4.69) is 5.32 Å². The number of carbonyl (C=O) groups is 2. The van der Waals surface area contributed by atoms with Crippen LogP contribution in [-0.4, -0.2) is 31.6 Å². The first kappa shape index (κ1) is 19.4. The van der Waals surface area contributed by atoms with Gasteiger partial charge in [-0.3, -0.25) is 9.59 Å². The SMILES string of the molecule is O=C(Cc1ccccc1)NCCC(=O)OCCCOc1ccc(F)cc1. The number of hydrogen-bond donors (Lipinski definition) is 1. The van der Waals surface area contributed by atoms with Crippen molar-refractivity contribution in [2.75, 3.05) is 19.8 Å². The minimum absolute atomic E-state index is 0.124. The van der Waals surface area contributed by atoms with Crippen LogP contribution in [-0.2, 0) is 20.7 Å². The van der Waals surface area contributed by atoms with Crippen molar-refractivity contribution in [3.05, 3.63) is 66.0 Å². The molecule has 0 spiro atoms. The summed E-state index contributed by atoms with van der Waals surface area (Å²) >= 11 is 0. The second-order valence-electron chi connectivity index (χ2n) is 5.64. The zero-order valence-electron chi connectivity index (χ0n) is 14.4. The lowest BCUT2D eigenvalue weighted by molar-refractivity contribution is -0.143. The molecule has 0 aliphatic carbocycles. The number of ether oxygens (including phenoxy) is 2. The summed E-state index contributed by atoms with van der Waals surface area (Å²) in [5, 5.41) is 2.69. The van der Waals surface area contributed by atoms with E-state index >= 15 is 0 Å². The summed E-state index contributed by atoms with van der Waals surface area (Å²) in [4.78, 5) is 23.3. The zero-order valence-corrected chi connectivity index (χ0v) is 14.4. The van der Waals surface area contributed by atoms with Crippen molar-refractivity contribution in [2.45, 2.75) is 19.3 Å². The summed E-state index contributed by atoms with van der Waals surface area (Å²) in [6.45, 7) is 0.849. The Morgan fingerprint density at radius 1 is 0.962 bits per heavy atom. The number of benzene rings is 2. The monoisotopic (exact) mass is 359 g/mol. The van der Waals surface area contributed by atoms with Crippen molar-refractivity contribution in [3.63, 3.8) is 0 Å². The van der Waals surface area contributed by atoms with Gasteiger partial charge in [0.25, 0.3) is 0 Å². The Kier molecular flexibility index (Phi) is 8.12. The number of esters is 1. The Balaban J connectivity index is 1.49. The zero-order chi connectivity index (χ0) is 18.6. The summed E-state index contributed by atoms with van der Waals surface area (Å²) < 4.78 is 23.2. The van der Waals surface area contributed by atoms with Gasteiger partial charge in [-0.15, -0.1) is 0 Å². The van der Waals surface area contributed by atoms with Gasteiger partial charge in [-0.1, -0.05) is 30.3 Å². The number of amides is 1. The highest BCUT2D eigenvalue weighted by atomic mass is 19.1. The van der Waals surface area contributed by atoms with E-state index in [-0.39, 0.29) is 43.7 Å². The molecule has 1 amide bonds. The van der Waals surface area contributed by atoms with E-state index in [1.54, 1.807) is 12.1 Å². The smallest absolute Gasteiger partial charge is 0.307 e. The lowest BCUT2D eigenvalue weighted by Crippen LogP contribution is -2.28. The van der Waals surface area contributed by atoms with Crippen LogP contribution in [0.3, 0.4) is 0 Å². The first-order valence-corrected chi connectivity index (χ1v) is 8.48. The van der Waals surface area contributed by atoms with Gasteiger partial charge >= 0.3 is 5.97 Å². The minimum Gasteiger partial charge on any atom is -0.493 e. The molecule has 0 aromatic heterocycles. The molecular weight excluding hydrogens is 337 g/mol. The van der Waals surface area contributed by atoms with Crippen molar-refractivity contribution in [3.8, 4) is 5.75 Å². The molecule has 5 nitrogen and oxygen atoms in total. The molecule has 0 bridgehead atoms. The van der Waals surface area contributed by atoms with Crippen LogP contribution in [0.5, 0.6) is 5.75 Å². The lowest BCUT2D eigenvalue weighted by atomic mass is 10.1. The Morgan fingerprint density at radius 3 is 2.42 bits per heavy atom. The van der Waals surface area contributed by atoms with Gasteiger partial charge in [0.05, 0.1) is 26.1 Å². The van der Waals surface area contributed by atoms with Gasteiger partial charge in [-0.05, 0) is 29.8 Å². The highest BCUT2D eigenvalue weighted by molar-refractivity contribution is 5.79. The Bertz CT molecular complexity index is 689. The van der Waals surface area contributed by atoms with E-state index in [1.165, 1.54) is 12.1 Å². The molecule has 0 atom stereocenters. The highest BCUT2D eigenvalue weighted by Gasteiger charge is 2.06. The van der Waals surface area contributed by atoms with E-state index in [4.69, 9.17) is 9.47 Å². The highest BCUT2D eigenvalue weighted by Crippen LogP contribution is 2.11. The first-order chi connectivity index (χ1) is 12.6. The maximum atomic E-state index is 12.7. The molecule has 1 N–H and O–H groups in total. The molecule has 26 heavy (non-hydrogen) atoms. The average molecular weight is 359 g/mol. The Morgan fingerprint density at radius 2 is 1.69 bits per heavy atom. The lowest BCUT2D eigenvalue weighted by Gasteiger charge is -2.08. The second-order valence-corrected chi connectivity index (χ2v) is 5.64. The van der Waals surface area contributed by atoms with Crippen molar-refractivity contribution in [2.24, 2.45) is 0 Å². The van der Waals surface area contributed by atoms with Gasteiger partial charge < -0.3 is 14.8 Å². The number of rotatable bonds is 10. The standard InChI is InChI=1S/C20H22FNO4/c21-17-7-9-18(10-8-17)25-13-4-14-26-20(24)11-12-22-19(23)15-16-5-2-1-3-6-16/h1-3,5-10H,4,11-15H2,(H,22,23). The molecular formula is C20H22FNO4. The molecule has 0 saturated carbocycles. The van der Waals surface area contributed by atoms with Crippen LogP contribution in [0.2, 0.25) is 0 Å². The summed E-state index contributed by atoms with van der Waals surface area (Å²) in [7, 11) is 0. The van der Waals surface area contributed by atoms with Gasteiger partial charge in [-0.2, -0.15) is 0 Å². The largest absolute Gasteiger partial charge is 0.493 e. The molecule has 0 unspecified atom stereocenters. The van der Waals surface area contributed by atoms with E-state index in [9.17, 15) is 14.0 Å². The number of hydrogen-bond acceptors (Lipinski definition) is 4. The van der Waals surface area contributed by atoms with Gasteiger partial charge in [0, 0.05) is 13.0 Å². The van der Waals surface area contributed by atoms with Gasteiger partial charge in [-0.25, -0.2) is 4.39 Å². The van der Waals surface area contributed by atoms with Gasteiger partial charge in [0.1, 0.15) is 11.6 Å². The molecule has 0 aliphatic rings. The van der Waals surface area contributed by atoms with Crippen molar-refractivity contribution < 1.29 is 23.5 Å². The molecule has 0 saturated heterocycles. The molecule has 2 aromatic rings. The fourth-order valence-electron chi connectivity index (χ4n) is 2.19. The van der Waals surface area contributed by atoms with E-state index in [1.807, 2.05) is 30.3 Å². The minimum atomic E-state index is -0.369. The first-order valence-electron chi connectivity index (χ1n) is 8.48. The normalized spacial score (nSPS) is 10.2. The van der Waals surface area contributed by atoms with E-state index < -0.39 is 0 Å². The van der Waals surface area contributed by atoms with E-state index in [0.717, 1.165) is 5.56 Å². The average Bonchev–Trinajstić information content (AvgIpc) is 2.64. The number of halogens is 1. The predicted molar refractivity (Wildman–Crippen MR) is 95.2 cm³/mol. The van der Waals surface area contributed by atoms with Crippen LogP contribution in [0, 0.1) is 5.82 Å². The van der Waals surface area contributed by atoms with Crippen molar-refractivity contribution in [1.82, 2.24) is 5.32 Å². The van der Waals surface area contributed by atoms with Crippen LogP contribution in [0.25, 0.3) is 0 Å². The number of carbonyl (C=O) groups excluding carboxylic acids is 2. The molecule has 0 heterocycles. The summed E-state index contributed by atoms with van der Waals surface area (Å²) in [5.74, 6) is -0.246. The van der Waals surface area contributed by atoms with Gasteiger partial charge in [0.15, 0.2) is 0 Å². The summed E-state index contributed by atoms with van der Waals surface area (Å²) in [6, 6.07) is 15.1. The fraction of sp³-hybridized carbons (Fsp3) is 0.300. The Labute approximate surface area is 152 Å². The third kappa shape index (κ3) is 7.79. The maximum absolute atomic E-state index is 12.7. The summed E-state index contributed by atoms with van der Waals surface area (Å²) in [5.41, 5.74) is 0.925. The fourth-order valence-corrected chi connectivity index (χ4v) is 2.19. The second kappa shape index (κ2) is 10.9. The van der Waals surface area contributed by atoms with Gasteiger partial charge in [0.2, 0.25) is 5.91 Å². The van der Waals surface area contributed by atoms with Crippen molar-refractivity contribution in [1.29, 1.82) is 0 Å². The van der Waals surface area contributed by atoms with E-state index in [0.29, 0.717) is 18.8 Å². The Hall–Kier alpha value is -2.89. The molecule has 6 heteroatoms. The number of nitrogens with one attached hydrogen (secondary N) is 1. The molecule has 0 fully saturated rings. The quantitative estimate of drug-likeness (QED) is 0.523. The third-order valence-electron chi connectivity index (χ3n) is 3.49. The molecule has 2 aromatic carbocycles. The van der Waals surface area contributed by atoms with Crippen LogP contribution in [0.4, 0.5) is 4.39 Å². The predicted octanol–water partition coefficient (Wildman–Crippen LogP) is 2.89. The molecule has 0 radical (unpaired) electrons. The molecule has 2 rings (SSSR count). The third-order valence-corrected chi connectivity index (χ3v) is 3.49. The summed E-state index contributed by atoms with van der Waals surface area (Å²) in [6.07, 6.45) is 0.944. The van der Waals surface area contributed by atoms with Crippen LogP contribution < -0.4 is 10.1 Å². The topological polar surface area (TPSA) is 64.6 Å². The molecule has 138 valence electrons. The van der Waals surface area contributed by atoms with Crippen LogP contribution in [0.1, 0.15) is 18.4 Å². The van der Waals surface area contributed by atoms with Crippen LogP contribution >= 0.6 is 0 Å². The van der Waals surface area contributed by atoms with Crippen LogP contribution in [0.15, 0.2) is 54.6 Å². The maximum Gasteiger partial charge on any atom is 0.307 e. The van der Waals surface area contributed by atoms with Crippen molar-refractivity contribution >= 4 is 11.9 Å².